The Morgan fingerprint density at radius 3 is 2.65 bits per heavy atom. The summed E-state index contributed by atoms with van der Waals surface area (Å²) >= 11 is 0. The van der Waals surface area contributed by atoms with E-state index in [1.165, 1.54) is 38.8 Å². The van der Waals surface area contributed by atoms with Gasteiger partial charge in [0.05, 0.1) is 18.2 Å². The summed E-state index contributed by atoms with van der Waals surface area (Å²) < 4.78 is 11.7. The van der Waals surface area contributed by atoms with Gasteiger partial charge < -0.3 is 19.1 Å². The topological polar surface area (TPSA) is 75.7 Å². The van der Waals surface area contributed by atoms with Crippen molar-refractivity contribution in [2.45, 2.75) is 58.4 Å². The van der Waals surface area contributed by atoms with Crippen molar-refractivity contribution in [3.8, 4) is 11.1 Å². The van der Waals surface area contributed by atoms with Crippen molar-refractivity contribution in [1.29, 1.82) is 0 Å². The highest BCUT2D eigenvalue weighted by Crippen LogP contribution is 2.37. The molecule has 1 amide bonds. The van der Waals surface area contributed by atoms with Gasteiger partial charge in [-0.05, 0) is 75.7 Å². The summed E-state index contributed by atoms with van der Waals surface area (Å²) in [5.74, 6) is 0.370. The van der Waals surface area contributed by atoms with Crippen LogP contribution in [0.5, 0.6) is 0 Å². The predicted octanol–water partition coefficient (Wildman–Crippen LogP) is 5.75. The van der Waals surface area contributed by atoms with Crippen molar-refractivity contribution in [2.75, 3.05) is 19.6 Å². The molecule has 4 aromatic rings. The molecule has 0 saturated carbocycles. The van der Waals surface area contributed by atoms with Gasteiger partial charge in [0.1, 0.15) is 11.2 Å². The molecule has 192 valence electrons. The molecule has 4 heterocycles. The quantitative estimate of drug-likeness (QED) is 0.355. The molecular formula is C31H34N2O4. The van der Waals surface area contributed by atoms with Crippen LogP contribution in [-0.2, 0) is 11.2 Å². The van der Waals surface area contributed by atoms with Crippen LogP contribution >= 0.6 is 0 Å². The number of benzene rings is 2. The zero-order chi connectivity index (χ0) is 25.5. The Morgan fingerprint density at radius 1 is 1.00 bits per heavy atom. The minimum absolute atomic E-state index is 0.0270. The lowest BCUT2D eigenvalue weighted by Gasteiger charge is -2.44. The second-order valence-corrected chi connectivity index (χ2v) is 10.7. The number of aryl methyl sites for hydroxylation is 2. The summed E-state index contributed by atoms with van der Waals surface area (Å²) in [6.07, 6.45) is 7.91. The maximum absolute atomic E-state index is 13.0. The third-order valence-corrected chi connectivity index (χ3v) is 8.55. The molecule has 0 spiro atoms. The van der Waals surface area contributed by atoms with Crippen molar-refractivity contribution in [2.24, 2.45) is 5.92 Å². The number of hydrogen-bond donors (Lipinski definition) is 1. The predicted molar refractivity (Wildman–Crippen MR) is 146 cm³/mol. The normalized spacial score (nSPS) is 20.3. The molecule has 1 N–H and O–H groups in total. The molecular weight excluding hydrogens is 464 g/mol. The van der Waals surface area contributed by atoms with E-state index in [9.17, 15) is 9.59 Å². The minimum Gasteiger partial charge on any atom is -0.463 e. The number of nitrogens with zero attached hydrogens (tertiary/aromatic N) is 1. The fourth-order valence-corrected chi connectivity index (χ4v) is 6.53. The summed E-state index contributed by atoms with van der Waals surface area (Å²) in [4.78, 5) is 28.6. The maximum Gasteiger partial charge on any atom is 0.340 e. The van der Waals surface area contributed by atoms with Crippen LogP contribution in [0.25, 0.3) is 33.1 Å². The van der Waals surface area contributed by atoms with Gasteiger partial charge in [0, 0.05) is 34.5 Å². The Morgan fingerprint density at radius 2 is 1.81 bits per heavy atom. The summed E-state index contributed by atoms with van der Waals surface area (Å²) in [5, 5.41) is 4.96. The van der Waals surface area contributed by atoms with Crippen LogP contribution in [0.3, 0.4) is 0 Å². The second kappa shape index (κ2) is 9.82. The lowest BCUT2D eigenvalue weighted by Crippen LogP contribution is -2.51. The average Bonchev–Trinajstić information content (AvgIpc) is 3.35. The molecule has 2 fully saturated rings. The minimum atomic E-state index is -0.450. The maximum atomic E-state index is 13.0. The van der Waals surface area contributed by atoms with E-state index in [-0.39, 0.29) is 12.3 Å². The Kier molecular flexibility index (Phi) is 6.37. The molecule has 2 aromatic carbocycles. The van der Waals surface area contributed by atoms with E-state index in [0.29, 0.717) is 35.2 Å². The second-order valence-electron chi connectivity index (χ2n) is 10.7. The molecule has 6 heteroatoms. The molecule has 6 nitrogen and oxygen atoms in total. The molecule has 37 heavy (non-hydrogen) atoms. The van der Waals surface area contributed by atoms with Crippen molar-refractivity contribution in [3.05, 3.63) is 69.8 Å². The molecule has 6 rings (SSSR count). The van der Waals surface area contributed by atoms with Crippen LogP contribution in [0, 0.1) is 19.8 Å². The molecule has 0 bridgehead atoms. The van der Waals surface area contributed by atoms with E-state index < -0.39 is 5.63 Å². The number of rotatable bonds is 5. The van der Waals surface area contributed by atoms with Crippen LogP contribution in [0.2, 0.25) is 0 Å². The van der Waals surface area contributed by atoms with Gasteiger partial charge in [-0.2, -0.15) is 0 Å². The number of piperidine rings is 2. The molecule has 2 aliphatic rings. The number of amides is 1. The molecule has 2 aliphatic heterocycles. The Bertz CT molecular complexity index is 1520. The first-order valence-corrected chi connectivity index (χ1v) is 13.5. The Balaban J connectivity index is 1.28. The van der Waals surface area contributed by atoms with Crippen LogP contribution < -0.4 is 10.9 Å². The first-order valence-electron chi connectivity index (χ1n) is 13.5. The first kappa shape index (κ1) is 24.0. The van der Waals surface area contributed by atoms with Gasteiger partial charge >= 0.3 is 5.63 Å². The van der Waals surface area contributed by atoms with Crippen LogP contribution in [0.15, 0.2) is 56.3 Å². The van der Waals surface area contributed by atoms with Gasteiger partial charge in [-0.25, -0.2) is 4.79 Å². The van der Waals surface area contributed by atoms with Crippen LogP contribution in [0.1, 0.15) is 48.8 Å². The third kappa shape index (κ3) is 4.37. The van der Waals surface area contributed by atoms with E-state index in [2.05, 4.69) is 22.3 Å². The number of furan rings is 1. The highest BCUT2D eigenvalue weighted by atomic mass is 16.4. The summed E-state index contributed by atoms with van der Waals surface area (Å²) in [6.45, 7) is 6.86. The SMILES string of the molecule is Cc1c(CC(=O)NCC2CCCN3CCCCC23)c(=O)oc2c(C)c3occ(-c4ccccc4)c3cc12. The standard InChI is InChI=1S/C31H34N2O4/c1-19-23-15-25-26(21-9-4-3-5-10-21)18-36-29(25)20(2)30(23)37-31(35)24(19)16-28(34)32-17-22-11-8-14-33-13-7-6-12-27(22)33/h3-5,9-10,15,18,22,27H,6-8,11-14,16-17H2,1-2H3,(H,32,34). The summed E-state index contributed by atoms with van der Waals surface area (Å²) in [6, 6.07) is 12.7. The Labute approximate surface area is 216 Å². The summed E-state index contributed by atoms with van der Waals surface area (Å²) in [7, 11) is 0. The number of carbonyl (C=O) groups is 1. The van der Waals surface area contributed by atoms with Gasteiger partial charge in [0.2, 0.25) is 5.91 Å². The van der Waals surface area contributed by atoms with Gasteiger partial charge in [0.15, 0.2) is 0 Å². The number of hydrogen-bond acceptors (Lipinski definition) is 5. The smallest absolute Gasteiger partial charge is 0.340 e. The van der Waals surface area contributed by atoms with E-state index >= 15 is 0 Å². The van der Waals surface area contributed by atoms with Gasteiger partial charge in [0.25, 0.3) is 0 Å². The Hall–Kier alpha value is -3.38. The van der Waals surface area contributed by atoms with Crippen molar-refractivity contribution < 1.29 is 13.6 Å². The lowest BCUT2D eigenvalue weighted by atomic mass is 9.83. The molecule has 2 atom stereocenters. The largest absolute Gasteiger partial charge is 0.463 e. The summed E-state index contributed by atoms with van der Waals surface area (Å²) in [5.41, 5.74) is 4.85. The van der Waals surface area contributed by atoms with Crippen molar-refractivity contribution in [3.63, 3.8) is 0 Å². The molecule has 2 saturated heterocycles. The van der Waals surface area contributed by atoms with E-state index in [4.69, 9.17) is 8.83 Å². The number of carbonyl (C=O) groups excluding carboxylic acids is 1. The zero-order valence-electron chi connectivity index (χ0n) is 21.6. The van der Waals surface area contributed by atoms with Gasteiger partial charge in [-0.15, -0.1) is 0 Å². The van der Waals surface area contributed by atoms with Crippen LogP contribution in [-0.4, -0.2) is 36.5 Å². The van der Waals surface area contributed by atoms with E-state index in [0.717, 1.165) is 39.4 Å². The van der Waals surface area contributed by atoms with Crippen molar-refractivity contribution >= 4 is 27.8 Å². The molecule has 0 aliphatic carbocycles. The molecule has 2 aromatic heterocycles. The number of nitrogens with one attached hydrogen (secondary N) is 1. The lowest BCUT2D eigenvalue weighted by molar-refractivity contribution is -0.120. The fraction of sp³-hybridized carbons (Fsp3) is 0.419. The number of fused-ring (bicyclic) bond motifs is 3. The average molecular weight is 499 g/mol. The third-order valence-electron chi connectivity index (χ3n) is 8.55. The van der Waals surface area contributed by atoms with Gasteiger partial charge in [-0.3, -0.25) is 4.79 Å². The van der Waals surface area contributed by atoms with Crippen LogP contribution in [0.4, 0.5) is 0 Å². The van der Waals surface area contributed by atoms with E-state index in [1.54, 1.807) is 6.26 Å². The van der Waals surface area contributed by atoms with Gasteiger partial charge in [-0.1, -0.05) is 36.8 Å². The highest BCUT2D eigenvalue weighted by Gasteiger charge is 2.33. The van der Waals surface area contributed by atoms with Crippen molar-refractivity contribution in [1.82, 2.24) is 10.2 Å². The molecule has 2 unspecified atom stereocenters. The monoisotopic (exact) mass is 498 g/mol. The highest BCUT2D eigenvalue weighted by molar-refractivity contribution is 6.05. The molecule has 0 radical (unpaired) electrons. The first-order chi connectivity index (χ1) is 18.0. The van der Waals surface area contributed by atoms with E-state index in [1.807, 2.05) is 38.1 Å². The fourth-order valence-electron chi connectivity index (χ4n) is 6.53. The zero-order valence-corrected chi connectivity index (χ0v) is 21.6.